The Morgan fingerprint density at radius 2 is 2.13 bits per heavy atom. The Balaban J connectivity index is 1.67. The Morgan fingerprint density at radius 1 is 1.30 bits per heavy atom. The van der Waals surface area contributed by atoms with Gasteiger partial charge in [0.05, 0.1) is 18.3 Å². The molecule has 1 amide bonds. The molecule has 0 spiro atoms. The molecule has 1 unspecified atom stereocenters. The smallest absolute Gasteiger partial charge is 0.410 e. The quantitative estimate of drug-likeness (QED) is 0.938. The number of aromatic nitrogens is 2. The molecule has 0 aliphatic carbocycles. The number of aliphatic hydroxyl groups excluding tert-OH is 1. The summed E-state index contributed by atoms with van der Waals surface area (Å²) in [5.41, 5.74) is 1.51. The molecule has 1 aliphatic rings. The van der Waals surface area contributed by atoms with Gasteiger partial charge in [0, 0.05) is 12.7 Å². The molecule has 6 nitrogen and oxygen atoms in total. The van der Waals surface area contributed by atoms with Gasteiger partial charge in [-0.3, -0.25) is 4.90 Å². The van der Waals surface area contributed by atoms with E-state index in [1.807, 2.05) is 30.3 Å². The average molecular weight is 313 g/mol. The zero-order valence-electron chi connectivity index (χ0n) is 12.8. The summed E-state index contributed by atoms with van der Waals surface area (Å²) in [5.74, 6) is 0.561. The summed E-state index contributed by atoms with van der Waals surface area (Å²) in [7, 11) is 0. The first-order valence-electron chi connectivity index (χ1n) is 7.68. The van der Waals surface area contributed by atoms with Crippen molar-refractivity contribution >= 4 is 6.09 Å². The fraction of sp³-hybridized carbons (Fsp3) is 0.353. The molecule has 1 aromatic carbocycles. The molecule has 1 aromatic heterocycles. The molecule has 2 aromatic rings. The lowest BCUT2D eigenvalue weighted by Gasteiger charge is -2.23. The molecule has 1 N–H and O–H groups in total. The van der Waals surface area contributed by atoms with Gasteiger partial charge in [-0.25, -0.2) is 14.8 Å². The first-order chi connectivity index (χ1) is 11.3. The number of ether oxygens (including phenoxy) is 1. The van der Waals surface area contributed by atoms with Crippen molar-refractivity contribution in [2.75, 3.05) is 6.54 Å². The monoisotopic (exact) mass is 313 g/mol. The summed E-state index contributed by atoms with van der Waals surface area (Å²) < 4.78 is 5.40. The van der Waals surface area contributed by atoms with E-state index >= 15 is 0 Å². The van der Waals surface area contributed by atoms with E-state index in [0.717, 1.165) is 18.4 Å². The van der Waals surface area contributed by atoms with Crippen molar-refractivity contribution in [1.82, 2.24) is 14.9 Å². The molecular weight excluding hydrogens is 294 g/mol. The Kier molecular flexibility index (Phi) is 4.83. The fourth-order valence-corrected chi connectivity index (χ4v) is 2.72. The van der Waals surface area contributed by atoms with Crippen molar-refractivity contribution < 1.29 is 14.6 Å². The van der Waals surface area contributed by atoms with Crippen molar-refractivity contribution in [2.24, 2.45) is 0 Å². The van der Waals surface area contributed by atoms with Crippen LogP contribution in [0.4, 0.5) is 4.79 Å². The summed E-state index contributed by atoms with van der Waals surface area (Å²) in [6, 6.07) is 11.1. The van der Waals surface area contributed by atoms with Crippen LogP contribution in [0, 0.1) is 0 Å². The lowest BCUT2D eigenvalue weighted by Crippen LogP contribution is -2.32. The second-order valence-electron chi connectivity index (χ2n) is 5.46. The van der Waals surface area contributed by atoms with Crippen LogP contribution in [0.3, 0.4) is 0 Å². The molecule has 1 saturated heterocycles. The molecule has 0 saturated carbocycles. The minimum Gasteiger partial charge on any atom is -0.445 e. The van der Waals surface area contributed by atoms with Crippen molar-refractivity contribution in [1.29, 1.82) is 0 Å². The van der Waals surface area contributed by atoms with Gasteiger partial charge in [-0.05, 0) is 24.5 Å². The van der Waals surface area contributed by atoms with E-state index in [1.165, 1.54) is 0 Å². The van der Waals surface area contributed by atoms with Crippen molar-refractivity contribution in [3.8, 4) is 0 Å². The molecule has 1 atom stereocenters. The summed E-state index contributed by atoms with van der Waals surface area (Å²) >= 11 is 0. The first kappa shape index (κ1) is 15.4. The SMILES string of the molecule is O=C(OCc1ccccc1)N1CCCC1c1nccc(CO)n1. The standard InChI is InChI=1S/C17H19N3O3/c21-11-14-8-9-18-16(19-14)15-7-4-10-20(15)17(22)23-12-13-5-2-1-3-6-13/h1-3,5-6,8-9,15,21H,4,7,10-12H2. The molecule has 2 heterocycles. The lowest BCUT2D eigenvalue weighted by atomic mass is 10.2. The van der Waals surface area contributed by atoms with Gasteiger partial charge >= 0.3 is 6.09 Å². The van der Waals surface area contributed by atoms with Gasteiger partial charge in [-0.2, -0.15) is 0 Å². The van der Waals surface area contributed by atoms with Gasteiger partial charge in [0.1, 0.15) is 6.61 Å². The molecule has 3 rings (SSSR count). The van der Waals surface area contributed by atoms with Crippen molar-refractivity contribution in [2.45, 2.75) is 32.1 Å². The summed E-state index contributed by atoms with van der Waals surface area (Å²) in [4.78, 5) is 22.6. The summed E-state index contributed by atoms with van der Waals surface area (Å²) in [5, 5.41) is 9.19. The van der Waals surface area contributed by atoms with Crippen LogP contribution >= 0.6 is 0 Å². The van der Waals surface area contributed by atoms with E-state index in [9.17, 15) is 9.90 Å². The van der Waals surface area contributed by atoms with Crippen molar-refractivity contribution in [3.63, 3.8) is 0 Å². The predicted octanol–water partition coefficient (Wildman–Crippen LogP) is 2.44. The van der Waals surface area contributed by atoms with Gasteiger partial charge in [-0.1, -0.05) is 30.3 Å². The minimum atomic E-state index is -0.352. The first-order valence-corrected chi connectivity index (χ1v) is 7.68. The molecule has 0 bridgehead atoms. The van der Waals surface area contributed by atoms with E-state index < -0.39 is 0 Å². The van der Waals surface area contributed by atoms with Crippen LogP contribution in [-0.2, 0) is 18.0 Å². The third-order valence-corrected chi connectivity index (χ3v) is 3.88. The average Bonchev–Trinajstić information content (AvgIpc) is 3.10. The molecule has 6 heteroatoms. The van der Waals surface area contributed by atoms with Gasteiger partial charge in [-0.15, -0.1) is 0 Å². The van der Waals surface area contributed by atoms with E-state index in [1.54, 1.807) is 17.2 Å². The highest BCUT2D eigenvalue weighted by Gasteiger charge is 2.33. The number of amides is 1. The number of hydrogen-bond acceptors (Lipinski definition) is 5. The topological polar surface area (TPSA) is 75.5 Å². The van der Waals surface area contributed by atoms with Crippen LogP contribution in [0.2, 0.25) is 0 Å². The number of hydrogen-bond donors (Lipinski definition) is 1. The highest BCUT2D eigenvalue weighted by Crippen LogP contribution is 2.30. The normalized spacial score (nSPS) is 17.3. The van der Waals surface area contributed by atoms with E-state index in [-0.39, 0.29) is 25.3 Å². The molecule has 1 fully saturated rings. The number of aliphatic hydroxyl groups is 1. The molecular formula is C17H19N3O3. The van der Waals surface area contributed by atoms with Gasteiger partial charge < -0.3 is 9.84 Å². The van der Waals surface area contributed by atoms with E-state index in [4.69, 9.17) is 4.74 Å². The van der Waals surface area contributed by atoms with E-state index in [2.05, 4.69) is 9.97 Å². The summed E-state index contributed by atoms with van der Waals surface area (Å²) in [6.45, 7) is 0.742. The zero-order chi connectivity index (χ0) is 16.1. The third kappa shape index (κ3) is 3.65. The molecule has 0 radical (unpaired) electrons. The van der Waals surface area contributed by atoms with Crippen LogP contribution in [0.1, 0.15) is 36.0 Å². The highest BCUT2D eigenvalue weighted by atomic mass is 16.6. The maximum Gasteiger partial charge on any atom is 0.410 e. The second kappa shape index (κ2) is 7.19. The van der Waals surface area contributed by atoms with Gasteiger partial charge in [0.15, 0.2) is 5.82 Å². The molecule has 1 aliphatic heterocycles. The highest BCUT2D eigenvalue weighted by molar-refractivity contribution is 5.68. The van der Waals surface area contributed by atoms with Crippen LogP contribution in [0.5, 0.6) is 0 Å². The number of carbonyl (C=O) groups is 1. The maximum absolute atomic E-state index is 12.4. The van der Waals surface area contributed by atoms with Crippen LogP contribution in [0.15, 0.2) is 42.6 Å². The number of benzene rings is 1. The van der Waals surface area contributed by atoms with Gasteiger partial charge in [0.2, 0.25) is 0 Å². The van der Waals surface area contributed by atoms with Crippen LogP contribution < -0.4 is 0 Å². The molecule has 23 heavy (non-hydrogen) atoms. The van der Waals surface area contributed by atoms with Crippen LogP contribution in [0.25, 0.3) is 0 Å². The Hall–Kier alpha value is -2.47. The van der Waals surface area contributed by atoms with Crippen molar-refractivity contribution in [3.05, 3.63) is 59.7 Å². The van der Waals surface area contributed by atoms with Gasteiger partial charge in [0.25, 0.3) is 0 Å². The number of nitrogens with zero attached hydrogens (tertiary/aromatic N) is 3. The summed E-state index contributed by atoms with van der Waals surface area (Å²) in [6.07, 6.45) is 2.95. The minimum absolute atomic E-state index is 0.138. The fourth-order valence-electron chi connectivity index (χ4n) is 2.72. The maximum atomic E-state index is 12.4. The Bertz CT molecular complexity index is 663. The largest absolute Gasteiger partial charge is 0.445 e. The molecule has 120 valence electrons. The zero-order valence-corrected chi connectivity index (χ0v) is 12.8. The lowest BCUT2D eigenvalue weighted by molar-refractivity contribution is 0.0907. The predicted molar refractivity (Wildman–Crippen MR) is 83.3 cm³/mol. The number of likely N-dealkylation sites (tertiary alicyclic amines) is 1. The van der Waals surface area contributed by atoms with Crippen LogP contribution in [-0.4, -0.2) is 32.6 Å². The Morgan fingerprint density at radius 3 is 2.91 bits per heavy atom. The second-order valence-corrected chi connectivity index (χ2v) is 5.46. The van der Waals surface area contributed by atoms with E-state index in [0.29, 0.717) is 18.1 Å². The number of carbonyl (C=O) groups excluding carboxylic acids is 1. The third-order valence-electron chi connectivity index (χ3n) is 3.88. The number of rotatable bonds is 4. The Labute approximate surface area is 134 Å².